The maximum absolute atomic E-state index is 12.9. The molecule has 0 saturated heterocycles. The Morgan fingerprint density at radius 1 is 1.26 bits per heavy atom. The molecule has 2 aromatic heterocycles. The van der Waals surface area contributed by atoms with Crippen LogP contribution in [0.3, 0.4) is 0 Å². The molecule has 0 atom stereocenters. The van der Waals surface area contributed by atoms with E-state index < -0.39 is 0 Å². The maximum atomic E-state index is 12.9. The Morgan fingerprint density at radius 2 is 2.00 bits per heavy atom. The lowest BCUT2D eigenvalue weighted by molar-refractivity contribution is 0.102. The Kier molecular flexibility index (Phi) is 5.53. The first-order chi connectivity index (χ1) is 13.1. The van der Waals surface area contributed by atoms with Crippen molar-refractivity contribution in [3.8, 4) is 0 Å². The Labute approximate surface area is 174 Å². The number of hydrogen-bond acceptors (Lipinski definition) is 5. The molecule has 0 saturated carbocycles. The van der Waals surface area contributed by atoms with Crippen LogP contribution in [0.4, 0.5) is 0 Å². The maximum Gasteiger partial charge on any atom is 0.211 e. The zero-order chi connectivity index (χ0) is 19.0. The molecule has 0 aliphatic heterocycles. The second-order valence-corrected chi connectivity index (χ2v) is 9.49. The Morgan fingerprint density at radius 3 is 2.74 bits per heavy atom. The molecule has 0 amide bonds. The average molecular weight is 463 g/mol. The number of ketones is 1. The summed E-state index contributed by atoms with van der Waals surface area (Å²) in [6.07, 6.45) is 4.09. The smallest absolute Gasteiger partial charge is 0.211 e. The number of nitrogens with zero attached hydrogens (tertiary/aromatic N) is 2. The van der Waals surface area contributed by atoms with Crippen LogP contribution < -0.4 is 5.43 Å². The van der Waals surface area contributed by atoms with Crippen LogP contribution in [-0.2, 0) is 19.4 Å². The highest BCUT2D eigenvalue weighted by molar-refractivity contribution is 9.10. The van der Waals surface area contributed by atoms with Crippen molar-refractivity contribution in [1.29, 1.82) is 0 Å². The molecule has 27 heavy (non-hydrogen) atoms. The Hall–Kier alpha value is -1.44. The summed E-state index contributed by atoms with van der Waals surface area (Å²) in [6, 6.07) is 7.38. The van der Waals surface area contributed by atoms with Crippen molar-refractivity contribution in [3.63, 3.8) is 0 Å². The fourth-order valence-electron chi connectivity index (χ4n) is 3.40. The van der Waals surface area contributed by atoms with Crippen LogP contribution in [0, 0.1) is 0 Å². The second kappa shape index (κ2) is 7.89. The van der Waals surface area contributed by atoms with Crippen LogP contribution in [0.1, 0.15) is 40.6 Å². The van der Waals surface area contributed by atoms with Gasteiger partial charge < -0.3 is 4.57 Å². The third kappa shape index (κ3) is 3.65. The molecule has 0 spiro atoms. The number of rotatable bonds is 5. The molecule has 1 aliphatic rings. The van der Waals surface area contributed by atoms with Crippen molar-refractivity contribution in [3.05, 3.63) is 55.0 Å². The van der Waals surface area contributed by atoms with Gasteiger partial charge in [-0.2, -0.15) is 0 Å². The number of imidazole rings is 1. The van der Waals surface area contributed by atoms with Crippen LogP contribution in [0.2, 0.25) is 0 Å². The third-order valence-corrected chi connectivity index (χ3v) is 7.64. The van der Waals surface area contributed by atoms with Gasteiger partial charge in [0.2, 0.25) is 5.43 Å². The normalized spacial score (nSPS) is 13.7. The van der Waals surface area contributed by atoms with Gasteiger partial charge >= 0.3 is 0 Å². The summed E-state index contributed by atoms with van der Waals surface area (Å²) in [4.78, 5) is 32.2. The summed E-state index contributed by atoms with van der Waals surface area (Å²) in [5.74, 6) is 0.372. The first kappa shape index (κ1) is 18.9. The molecular formula is C20H19BrN2O2S2. The Balaban J connectivity index is 1.65. The molecule has 4 nitrogen and oxygen atoms in total. The van der Waals surface area contributed by atoms with Gasteiger partial charge in [0.05, 0.1) is 5.75 Å². The summed E-state index contributed by atoms with van der Waals surface area (Å²) in [5.41, 5.74) is 2.31. The first-order valence-electron chi connectivity index (χ1n) is 9.05. The van der Waals surface area contributed by atoms with Crippen molar-refractivity contribution in [2.24, 2.45) is 0 Å². The Bertz CT molecular complexity index is 1070. The van der Waals surface area contributed by atoms with E-state index in [2.05, 4.69) is 32.4 Å². The van der Waals surface area contributed by atoms with E-state index in [1.54, 1.807) is 11.3 Å². The summed E-state index contributed by atoms with van der Waals surface area (Å²) in [7, 11) is 0. The molecular weight excluding hydrogens is 444 g/mol. The number of thioether (sulfide) groups is 1. The van der Waals surface area contributed by atoms with Crippen molar-refractivity contribution in [2.45, 2.75) is 44.3 Å². The van der Waals surface area contributed by atoms with Crippen LogP contribution in [-0.4, -0.2) is 21.1 Å². The summed E-state index contributed by atoms with van der Waals surface area (Å²) in [5, 5.41) is 0.758. The van der Waals surface area contributed by atoms with Crippen molar-refractivity contribution >= 4 is 55.2 Å². The third-order valence-electron chi connectivity index (χ3n) is 4.83. The number of hydrogen-bond donors (Lipinski definition) is 0. The molecule has 7 heteroatoms. The number of carbonyl (C=O) groups is 1. The van der Waals surface area contributed by atoms with Crippen LogP contribution in [0.25, 0.3) is 10.3 Å². The number of fused-ring (bicyclic) bond motifs is 2. The largest absolute Gasteiger partial charge is 0.311 e. The lowest BCUT2D eigenvalue weighted by Crippen LogP contribution is -2.15. The van der Waals surface area contributed by atoms with E-state index >= 15 is 0 Å². The molecule has 0 N–H and O–H groups in total. The number of carbonyl (C=O) groups excluding carboxylic acids is 1. The minimum Gasteiger partial charge on any atom is -0.311 e. The number of aromatic nitrogens is 2. The fraction of sp³-hybridized carbons (Fsp3) is 0.350. The van der Waals surface area contributed by atoms with Gasteiger partial charge in [-0.3, -0.25) is 9.59 Å². The number of halogens is 1. The highest BCUT2D eigenvalue weighted by Gasteiger charge is 2.21. The highest BCUT2D eigenvalue weighted by atomic mass is 79.9. The molecule has 3 aromatic rings. The molecule has 0 radical (unpaired) electrons. The van der Waals surface area contributed by atoms with Crippen molar-refractivity contribution in [1.82, 2.24) is 9.55 Å². The number of Topliss-reactive ketones (excluding diaryl/α,β-unsaturated/α-hetero) is 1. The van der Waals surface area contributed by atoms with E-state index in [0.29, 0.717) is 16.8 Å². The lowest BCUT2D eigenvalue weighted by atomic mass is 9.98. The topological polar surface area (TPSA) is 52.0 Å². The molecule has 0 bridgehead atoms. The molecule has 0 unspecified atom stereocenters. The van der Waals surface area contributed by atoms with Gasteiger partial charge in [-0.15, -0.1) is 11.3 Å². The number of benzene rings is 1. The van der Waals surface area contributed by atoms with Crippen molar-refractivity contribution in [2.75, 3.05) is 5.75 Å². The van der Waals surface area contributed by atoms with E-state index in [1.807, 2.05) is 24.3 Å². The predicted molar refractivity (Wildman–Crippen MR) is 115 cm³/mol. The first-order valence-corrected chi connectivity index (χ1v) is 11.6. The van der Waals surface area contributed by atoms with E-state index in [1.165, 1.54) is 16.6 Å². The van der Waals surface area contributed by atoms with Crippen LogP contribution in [0.5, 0.6) is 0 Å². The van der Waals surface area contributed by atoms with Gasteiger partial charge in [0.25, 0.3) is 0 Å². The molecule has 2 heterocycles. The summed E-state index contributed by atoms with van der Waals surface area (Å²) < 4.78 is 3.03. The standard InChI is InChI=1S/C20H19BrN2O2S2/c1-2-23-19-17(18(25)14-5-3-4-6-16(14)27-19)22-20(23)26-11-15(24)12-7-9-13(21)10-8-12/h7-10H,2-6,11H2,1H3. The zero-order valence-corrected chi connectivity index (χ0v) is 18.2. The molecule has 0 fully saturated rings. The monoisotopic (exact) mass is 462 g/mol. The second-order valence-electron chi connectivity index (χ2n) is 6.55. The molecule has 1 aromatic carbocycles. The van der Waals surface area contributed by atoms with Crippen molar-refractivity contribution < 1.29 is 4.79 Å². The molecule has 1 aliphatic carbocycles. The van der Waals surface area contributed by atoms with Gasteiger partial charge in [-0.25, -0.2) is 4.98 Å². The van der Waals surface area contributed by atoms with Crippen LogP contribution >= 0.6 is 39.0 Å². The molecule has 4 rings (SSSR count). The highest BCUT2D eigenvalue weighted by Crippen LogP contribution is 2.31. The lowest BCUT2D eigenvalue weighted by Gasteiger charge is -2.13. The summed E-state index contributed by atoms with van der Waals surface area (Å²) >= 11 is 6.50. The minimum atomic E-state index is 0.0625. The quantitative estimate of drug-likeness (QED) is 0.391. The SMILES string of the molecule is CCn1c(SCC(=O)c2ccc(Br)cc2)nc2c(=O)c3c(sc21)CCCC3. The van der Waals surface area contributed by atoms with Gasteiger partial charge in [-0.05, 0) is 44.7 Å². The zero-order valence-electron chi connectivity index (χ0n) is 15.0. The minimum absolute atomic E-state index is 0.0625. The molecule has 140 valence electrons. The van der Waals surface area contributed by atoms with E-state index in [0.717, 1.165) is 52.3 Å². The number of aryl methyl sites for hydroxylation is 2. The fourth-order valence-corrected chi connectivity index (χ4v) is 6.04. The summed E-state index contributed by atoms with van der Waals surface area (Å²) in [6.45, 7) is 2.79. The van der Waals surface area contributed by atoms with E-state index in [9.17, 15) is 9.59 Å². The average Bonchev–Trinajstić information content (AvgIpc) is 3.04. The van der Waals surface area contributed by atoms with Gasteiger partial charge in [0.1, 0.15) is 10.3 Å². The van der Waals surface area contributed by atoms with Gasteiger partial charge in [0, 0.05) is 27.0 Å². The van der Waals surface area contributed by atoms with E-state index in [-0.39, 0.29) is 11.2 Å². The van der Waals surface area contributed by atoms with Crippen LogP contribution in [0.15, 0.2) is 38.7 Å². The van der Waals surface area contributed by atoms with Gasteiger partial charge in [-0.1, -0.05) is 39.8 Å². The van der Waals surface area contributed by atoms with Gasteiger partial charge in [0.15, 0.2) is 10.9 Å². The van der Waals surface area contributed by atoms with E-state index in [4.69, 9.17) is 0 Å². The predicted octanol–water partition coefficient (Wildman–Crippen LogP) is 5.09.